The zero-order valence-electron chi connectivity index (χ0n) is 20.7. The lowest BCUT2D eigenvalue weighted by molar-refractivity contribution is 0.0150. The molecule has 1 heterocycles. The maximum atomic E-state index is 13.3. The molecule has 186 valence electrons. The van der Waals surface area contributed by atoms with Crippen LogP contribution in [-0.4, -0.2) is 77.2 Å². The number of methoxy groups -OCH3 is 1. The van der Waals surface area contributed by atoms with Crippen molar-refractivity contribution in [2.75, 3.05) is 45.6 Å². The van der Waals surface area contributed by atoms with Crippen molar-refractivity contribution >= 4 is 21.6 Å². The van der Waals surface area contributed by atoms with Gasteiger partial charge in [-0.15, -0.1) is 0 Å². The average Bonchev–Trinajstić information content (AvgIpc) is 2.79. The maximum absolute atomic E-state index is 13.3. The number of nitrogens with zero attached hydrogens (tertiary/aromatic N) is 2. The Balaban J connectivity index is 1.96. The second kappa shape index (κ2) is 10.8. The van der Waals surface area contributed by atoms with Gasteiger partial charge in [0, 0.05) is 39.4 Å². The van der Waals surface area contributed by atoms with Crippen LogP contribution in [0.5, 0.6) is 5.75 Å². The number of carbonyl (C=O) groups excluding carboxylic acids is 1. The lowest BCUT2D eigenvalue weighted by Gasteiger charge is -2.34. The van der Waals surface area contributed by atoms with E-state index < -0.39 is 10.0 Å². The molecule has 8 nitrogen and oxygen atoms in total. The minimum absolute atomic E-state index is 0.0763. The number of anilines is 1. The molecule has 2 aromatic rings. The number of amides is 1. The Kier molecular flexibility index (Phi) is 8.22. The van der Waals surface area contributed by atoms with Gasteiger partial charge in [-0.05, 0) is 50.6 Å². The van der Waals surface area contributed by atoms with Gasteiger partial charge in [0.05, 0.1) is 22.3 Å². The molecule has 3 atom stereocenters. The van der Waals surface area contributed by atoms with Crippen LogP contribution in [0.2, 0.25) is 0 Å². The molecule has 0 unspecified atom stereocenters. The molecule has 0 bridgehead atoms. The predicted molar refractivity (Wildman–Crippen MR) is 133 cm³/mol. The molecule has 9 heteroatoms. The van der Waals surface area contributed by atoms with E-state index in [2.05, 4.69) is 23.5 Å². The monoisotopic (exact) mass is 489 g/mol. The summed E-state index contributed by atoms with van der Waals surface area (Å²) in [5.74, 6) is 0.341. The number of nitrogens with one attached hydrogen (secondary N) is 1. The molecule has 0 saturated carbocycles. The summed E-state index contributed by atoms with van der Waals surface area (Å²) in [6.07, 6.45) is -0.118. The van der Waals surface area contributed by atoms with E-state index in [1.165, 1.54) is 0 Å². The molecule has 0 saturated heterocycles. The second-order valence-corrected chi connectivity index (χ2v) is 10.8. The first-order valence-electron chi connectivity index (χ1n) is 11.4. The fraction of sp³-hybridized carbons (Fsp3) is 0.480. The van der Waals surface area contributed by atoms with E-state index in [9.17, 15) is 13.2 Å². The van der Waals surface area contributed by atoms with Crippen LogP contribution in [0.15, 0.2) is 47.4 Å². The second-order valence-electron chi connectivity index (χ2n) is 9.12. The SMILES string of the molecule is CO[C@@H]1CN(C)C(=O)c2ccc(NS(=O)(=O)c3ccccc3C)cc2OC[C@@H](C)N(C)C[C@H]1C. The molecule has 0 aromatic heterocycles. The fourth-order valence-corrected chi connectivity index (χ4v) is 5.38. The Morgan fingerprint density at radius 3 is 2.47 bits per heavy atom. The number of likely N-dealkylation sites (N-methyl/N-ethyl adjacent to an activating group) is 2. The first-order valence-corrected chi connectivity index (χ1v) is 12.9. The minimum Gasteiger partial charge on any atom is -0.491 e. The van der Waals surface area contributed by atoms with Crippen molar-refractivity contribution in [1.29, 1.82) is 0 Å². The van der Waals surface area contributed by atoms with Crippen LogP contribution in [0.1, 0.15) is 29.8 Å². The molecule has 34 heavy (non-hydrogen) atoms. The van der Waals surface area contributed by atoms with Crippen molar-refractivity contribution < 1.29 is 22.7 Å². The predicted octanol–water partition coefficient (Wildman–Crippen LogP) is 3.23. The zero-order valence-corrected chi connectivity index (χ0v) is 21.6. The Hall–Kier alpha value is -2.62. The summed E-state index contributed by atoms with van der Waals surface area (Å²) in [5, 5.41) is 0. The number of hydrogen-bond donors (Lipinski definition) is 1. The molecule has 2 aromatic carbocycles. The molecule has 3 rings (SSSR count). The summed E-state index contributed by atoms with van der Waals surface area (Å²) in [6, 6.07) is 11.6. The van der Waals surface area contributed by atoms with E-state index in [1.54, 1.807) is 68.4 Å². The smallest absolute Gasteiger partial charge is 0.262 e. The van der Waals surface area contributed by atoms with Gasteiger partial charge in [-0.2, -0.15) is 0 Å². The molecule has 1 amide bonds. The van der Waals surface area contributed by atoms with E-state index in [-0.39, 0.29) is 28.9 Å². The summed E-state index contributed by atoms with van der Waals surface area (Å²) in [6.45, 7) is 7.48. The van der Waals surface area contributed by atoms with Gasteiger partial charge in [-0.3, -0.25) is 14.4 Å². The molecular formula is C25H35N3O5S. The van der Waals surface area contributed by atoms with E-state index in [0.717, 1.165) is 6.54 Å². The van der Waals surface area contributed by atoms with Crippen LogP contribution in [0.3, 0.4) is 0 Å². The Labute approximate surface area is 202 Å². The van der Waals surface area contributed by atoms with E-state index >= 15 is 0 Å². The third-order valence-electron chi connectivity index (χ3n) is 6.39. The molecule has 0 aliphatic carbocycles. The van der Waals surface area contributed by atoms with Crippen molar-refractivity contribution in [2.24, 2.45) is 5.92 Å². The van der Waals surface area contributed by atoms with Crippen LogP contribution < -0.4 is 9.46 Å². The van der Waals surface area contributed by atoms with Gasteiger partial charge in [-0.1, -0.05) is 25.1 Å². The van der Waals surface area contributed by atoms with Gasteiger partial charge in [0.1, 0.15) is 12.4 Å². The summed E-state index contributed by atoms with van der Waals surface area (Å²) >= 11 is 0. The number of carbonyl (C=O) groups is 1. The number of aryl methyl sites for hydroxylation is 1. The highest BCUT2D eigenvalue weighted by Gasteiger charge is 2.27. The maximum Gasteiger partial charge on any atom is 0.262 e. The normalized spacial score (nSPS) is 22.8. The molecule has 0 fully saturated rings. The average molecular weight is 490 g/mol. The largest absolute Gasteiger partial charge is 0.491 e. The number of rotatable bonds is 4. The van der Waals surface area contributed by atoms with Gasteiger partial charge in [0.2, 0.25) is 0 Å². The van der Waals surface area contributed by atoms with Crippen LogP contribution >= 0.6 is 0 Å². The first-order chi connectivity index (χ1) is 16.0. The van der Waals surface area contributed by atoms with E-state index in [0.29, 0.717) is 35.7 Å². The van der Waals surface area contributed by atoms with E-state index in [4.69, 9.17) is 9.47 Å². The van der Waals surface area contributed by atoms with Crippen molar-refractivity contribution in [3.05, 3.63) is 53.6 Å². The van der Waals surface area contributed by atoms with Gasteiger partial charge < -0.3 is 14.4 Å². The van der Waals surface area contributed by atoms with Crippen molar-refractivity contribution in [3.8, 4) is 5.75 Å². The highest BCUT2D eigenvalue weighted by Crippen LogP contribution is 2.28. The summed E-state index contributed by atoms with van der Waals surface area (Å²) in [5.41, 5.74) is 1.35. The van der Waals surface area contributed by atoms with Gasteiger partial charge in [0.15, 0.2) is 0 Å². The molecule has 1 aliphatic heterocycles. The van der Waals surface area contributed by atoms with Gasteiger partial charge in [-0.25, -0.2) is 8.42 Å². The fourth-order valence-electron chi connectivity index (χ4n) is 4.08. The van der Waals surface area contributed by atoms with Crippen LogP contribution in [0, 0.1) is 12.8 Å². The molecule has 1 aliphatic rings. The van der Waals surface area contributed by atoms with Crippen molar-refractivity contribution in [2.45, 2.75) is 37.8 Å². The minimum atomic E-state index is -3.80. The molecule has 0 spiro atoms. The van der Waals surface area contributed by atoms with Crippen LogP contribution in [-0.2, 0) is 14.8 Å². The number of fused-ring (bicyclic) bond motifs is 1. The number of benzene rings is 2. The quantitative estimate of drug-likeness (QED) is 0.710. The molecular weight excluding hydrogens is 454 g/mol. The highest BCUT2D eigenvalue weighted by atomic mass is 32.2. The molecule has 0 radical (unpaired) electrons. The van der Waals surface area contributed by atoms with Gasteiger partial charge in [0.25, 0.3) is 15.9 Å². The lowest BCUT2D eigenvalue weighted by atomic mass is 10.0. The third-order valence-corrected chi connectivity index (χ3v) is 7.94. The van der Waals surface area contributed by atoms with Gasteiger partial charge >= 0.3 is 0 Å². The van der Waals surface area contributed by atoms with Crippen LogP contribution in [0.4, 0.5) is 5.69 Å². The van der Waals surface area contributed by atoms with E-state index in [1.807, 2.05) is 7.05 Å². The van der Waals surface area contributed by atoms with Crippen molar-refractivity contribution in [1.82, 2.24) is 9.80 Å². The highest BCUT2D eigenvalue weighted by molar-refractivity contribution is 7.92. The number of sulfonamides is 1. The topological polar surface area (TPSA) is 88.2 Å². The Morgan fingerprint density at radius 1 is 1.09 bits per heavy atom. The standard InChI is InChI=1S/C25H35N3O5S/c1-17-9-7-8-10-24(17)34(30,31)26-20-11-12-21-22(13-20)33-16-19(3)27(4)14-18(2)23(32-6)15-28(5)25(21)29/h7-13,18-19,23,26H,14-16H2,1-6H3/t18-,19-,23-/m1/s1. The Bertz CT molecular complexity index is 1120. The summed E-state index contributed by atoms with van der Waals surface area (Å²) < 4.78 is 40.3. The lowest BCUT2D eigenvalue weighted by Crippen LogP contribution is -2.45. The Morgan fingerprint density at radius 2 is 1.79 bits per heavy atom. The van der Waals surface area contributed by atoms with Crippen LogP contribution in [0.25, 0.3) is 0 Å². The third kappa shape index (κ3) is 5.89. The first kappa shape index (κ1) is 26.0. The molecule has 1 N–H and O–H groups in total. The number of hydrogen-bond acceptors (Lipinski definition) is 6. The summed E-state index contributed by atoms with van der Waals surface area (Å²) in [4.78, 5) is 17.3. The number of ether oxygens (including phenoxy) is 2. The van der Waals surface area contributed by atoms with Crippen molar-refractivity contribution in [3.63, 3.8) is 0 Å². The summed E-state index contributed by atoms with van der Waals surface area (Å²) in [7, 11) is 1.64. The zero-order chi connectivity index (χ0) is 25.0.